The molecule has 0 aliphatic rings. The van der Waals surface area contributed by atoms with E-state index < -0.39 is 28.6 Å². The van der Waals surface area contributed by atoms with Gasteiger partial charge in [0.2, 0.25) is 5.28 Å². The fourth-order valence-electron chi connectivity index (χ4n) is 3.00. The smallest absolute Gasteiger partial charge is 0.358 e. The number of carbonyl (C=O) groups excluding carboxylic acids is 2. The van der Waals surface area contributed by atoms with Crippen LogP contribution in [0.15, 0.2) is 70.8 Å². The topological polar surface area (TPSA) is 155 Å². The number of hydrogen-bond acceptors (Lipinski definition) is 10. The number of hydrogen-bond donors (Lipinski definition) is 0. The normalized spacial score (nSPS) is 11.6. The molecular formula is C23H25N5O8S. The molecule has 0 fully saturated rings. The van der Waals surface area contributed by atoms with Crippen molar-refractivity contribution < 1.29 is 37.3 Å². The van der Waals surface area contributed by atoms with Gasteiger partial charge in [-0.05, 0) is 30.3 Å². The lowest BCUT2D eigenvalue weighted by Crippen LogP contribution is -2.30. The van der Waals surface area contributed by atoms with Crippen LogP contribution in [-0.2, 0) is 28.9 Å². The summed E-state index contributed by atoms with van der Waals surface area (Å²) in [6.45, 7) is 0.485. The van der Waals surface area contributed by atoms with E-state index in [0.29, 0.717) is 11.4 Å². The van der Waals surface area contributed by atoms with E-state index in [1.807, 2.05) is 30.3 Å². The monoisotopic (exact) mass is 531 g/mol. The third-order valence-electron chi connectivity index (χ3n) is 4.88. The van der Waals surface area contributed by atoms with Crippen molar-refractivity contribution in [2.75, 3.05) is 33.2 Å². The number of hydrazine groups is 1. The summed E-state index contributed by atoms with van der Waals surface area (Å²) in [5.74, 6) is -1.31. The summed E-state index contributed by atoms with van der Waals surface area (Å²) in [5.41, 5.74) is 1.93. The molecule has 0 amide bonds. The number of likely N-dealkylation sites (N-methyl/N-ethyl adjacent to an activating group) is 1. The lowest BCUT2D eigenvalue weighted by atomic mass is 10.1. The number of rotatable bonds is 11. The van der Waals surface area contributed by atoms with Gasteiger partial charge in [-0.1, -0.05) is 30.3 Å². The summed E-state index contributed by atoms with van der Waals surface area (Å²) in [7, 11) is -1.98. The maximum absolute atomic E-state index is 12.7. The van der Waals surface area contributed by atoms with Crippen LogP contribution in [0.25, 0.3) is 16.9 Å². The van der Waals surface area contributed by atoms with Crippen LogP contribution in [0.1, 0.15) is 17.4 Å². The van der Waals surface area contributed by atoms with Crippen LogP contribution < -0.4 is 0 Å². The number of ether oxygens (including phenoxy) is 2. The third kappa shape index (κ3) is 7.51. The molecule has 13 nitrogen and oxygen atoms in total. The van der Waals surface area contributed by atoms with Crippen LogP contribution in [0, 0.1) is 5.21 Å². The van der Waals surface area contributed by atoms with Crippen LogP contribution in [0.4, 0.5) is 0 Å². The lowest BCUT2D eigenvalue weighted by Gasteiger charge is -2.12. The van der Waals surface area contributed by atoms with Gasteiger partial charge in [0, 0.05) is 18.7 Å². The fourth-order valence-corrected chi connectivity index (χ4v) is 3.63. The molecule has 14 heteroatoms. The summed E-state index contributed by atoms with van der Waals surface area (Å²) < 4.78 is 34.9. The van der Waals surface area contributed by atoms with Gasteiger partial charge in [0.05, 0.1) is 28.3 Å². The van der Waals surface area contributed by atoms with Crippen molar-refractivity contribution in [3.63, 3.8) is 0 Å². The Bertz CT molecular complexity index is 1370. The molecule has 0 aliphatic carbocycles. The number of carbonyl (C=O) groups is 2. The molecule has 0 N–H and O–H groups in total. The van der Waals surface area contributed by atoms with E-state index in [-0.39, 0.29) is 28.7 Å². The largest absolute Gasteiger partial charge is 0.569 e. The highest BCUT2D eigenvalue weighted by Crippen LogP contribution is 2.25. The minimum Gasteiger partial charge on any atom is -0.569 e. The Morgan fingerprint density at radius 3 is 2.41 bits per heavy atom. The van der Waals surface area contributed by atoms with Gasteiger partial charge in [-0.15, -0.1) is 5.01 Å². The molecule has 1 heterocycles. The Kier molecular flexibility index (Phi) is 8.79. The number of benzene rings is 2. The SMILES string of the molecule is CC(=O)OCO/N=[N+](\[O-])N(C)CCOC(=O)c1cc(-c2ccccc2)n(-c2ccc(S(C)(=O)=O)cc2)n1. The molecule has 0 unspecified atom stereocenters. The van der Waals surface area contributed by atoms with Gasteiger partial charge in [-0.25, -0.2) is 17.9 Å². The second-order valence-corrected chi connectivity index (χ2v) is 9.71. The van der Waals surface area contributed by atoms with Crippen molar-refractivity contribution >= 4 is 21.8 Å². The first-order chi connectivity index (χ1) is 17.6. The van der Waals surface area contributed by atoms with Gasteiger partial charge in [0.15, 0.2) is 15.5 Å². The second kappa shape index (κ2) is 12.0. The molecule has 3 aromatic rings. The first-order valence-corrected chi connectivity index (χ1v) is 12.7. The molecule has 0 aliphatic heterocycles. The molecule has 0 bridgehead atoms. The molecule has 37 heavy (non-hydrogen) atoms. The maximum atomic E-state index is 12.7. The number of sulfone groups is 1. The quantitative estimate of drug-likeness (QED) is 0.0899. The van der Waals surface area contributed by atoms with Crippen molar-refractivity contribution in [1.29, 1.82) is 0 Å². The van der Waals surface area contributed by atoms with E-state index in [0.717, 1.165) is 16.8 Å². The molecule has 3 rings (SSSR count). The fraction of sp³-hybridized carbons (Fsp3) is 0.261. The minimum atomic E-state index is -3.37. The van der Waals surface area contributed by atoms with Crippen LogP contribution in [0.2, 0.25) is 0 Å². The standard InChI is InChI=1S/C23H25N5O8S/c1-17(29)35-16-36-25-28(31)26(2)13-14-34-23(30)21-15-22(18-7-5-4-6-8-18)27(24-21)19-9-11-20(12-10-19)37(3,32)33/h4-12,15H,13-14,16H2,1-3H3/b28-25-. The molecule has 0 atom stereocenters. The van der Waals surface area contributed by atoms with Crippen molar-refractivity contribution in [2.24, 2.45) is 5.28 Å². The van der Waals surface area contributed by atoms with Gasteiger partial charge in [0.25, 0.3) is 6.79 Å². The zero-order valence-electron chi connectivity index (χ0n) is 20.3. The zero-order chi connectivity index (χ0) is 27.0. The highest BCUT2D eigenvalue weighted by molar-refractivity contribution is 7.90. The number of nitrogens with zero attached hydrogens (tertiary/aromatic N) is 5. The molecule has 196 valence electrons. The summed E-state index contributed by atoms with van der Waals surface area (Å²) in [6.07, 6.45) is 1.12. The summed E-state index contributed by atoms with van der Waals surface area (Å²) in [4.78, 5) is 28.2. The van der Waals surface area contributed by atoms with Crippen molar-refractivity contribution in [3.05, 3.63) is 71.6 Å². The maximum Gasteiger partial charge on any atom is 0.358 e. The van der Waals surface area contributed by atoms with E-state index in [1.54, 1.807) is 18.2 Å². The highest BCUT2D eigenvalue weighted by Gasteiger charge is 2.19. The average Bonchev–Trinajstić information content (AvgIpc) is 3.32. The van der Waals surface area contributed by atoms with E-state index >= 15 is 0 Å². The summed E-state index contributed by atoms with van der Waals surface area (Å²) >= 11 is 0. The first kappa shape index (κ1) is 27.1. The molecule has 0 saturated carbocycles. The Morgan fingerprint density at radius 1 is 1.11 bits per heavy atom. The highest BCUT2D eigenvalue weighted by atomic mass is 32.2. The van der Waals surface area contributed by atoms with Gasteiger partial charge in [-0.3, -0.25) is 4.79 Å². The van der Waals surface area contributed by atoms with E-state index in [2.05, 4.69) is 20.0 Å². The van der Waals surface area contributed by atoms with Gasteiger partial charge >= 0.3 is 11.9 Å². The van der Waals surface area contributed by atoms with Crippen LogP contribution >= 0.6 is 0 Å². The molecule has 2 aromatic carbocycles. The Morgan fingerprint density at radius 2 is 1.78 bits per heavy atom. The molecule has 0 radical (unpaired) electrons. The van der Waals surface area contributed by atoms with Gasteiger partial charge in [0.1, 0.15) is 13.2 Å². The molecule has 1 aromatic heterocycles. The Hall–Kier alpha value is -4.46. The van der Waals surface area contributed by atoms with Gasteiger partial charge < -0.3 is 19.5 Å². The minimum absolute atomic E-state index is 0.0158. The molecular weight excluding hydrogens is 506 g/mol. The predicted molar refractivity (Wildman–Crippen MR) is 129 cm³/mol. The second-order valence-electron chi connectivity index (χ2n) is 7.69. The summed E-state index contributed by atoms with van der Waals surface area (Å²) in [5, 5.41) is 20.4. The number of esters is 2. The Balaban J connectivity index is 1.72. The molecule has 0 spiro atoms. The number of aromatic nitrogens is 2. The third-order valence-corrected chi connectivity index (χ3v) is 6.01. The van der Waals surface area contributed by atoms with Crippen LogP contribution in [0.5, 0.6) is 0 Å². The van der Waals surface area contributed by atoms with Crippen LogP contribution in [0.3, 0.4) is 0 Å². The first-order valence-electron chi connectivity index (χ1n) is 10.8. The Labute approximate surface area is 212 Å². The zero-order valence-corrected chi connectivity index (χ0v) is 21.1. The summed E-state index contributed by atoms with van der Waals surface area (Å²) in [6, 6.07) is 16.9. The van der Waals surface area contributed by atoms with E-state index in [1.165, 1.54) is 30.8 Å². The predicted octanol–water partition coefficient (Wildman–Crippen LogP) is 2.36. The van der Waals surface area contributed by atoms with E-state index in [4.69, 9.17) is 4.74 Å². The van der Waals surface area contributed by atoms with Crippen molar-refractivity contribution in [3.8, 4) is 16.9 Å². The van der Waals surface area contributed by atoms with Crippen LogP contribution in [-0.4, -0.2) is 73.4 Å². The van der Waals surface area contributed by atoms with Crippen molar-refractivity contribution in [1.82, 2.24) is 14.8 Å². The molecule has 0 saturated heterocycles. The average molecular weight is 532 g/mol. The van der Waals surface area contributed by atoms with Crippen molar-refractivity contribution in [2.45, 2.75) is 11.8 Å². The lowest BCUT2D eigenvalue weighted by molar-refractivity contribution is -0.706. The van der Waals surface area contributed by atoms with E-state index in [9.17, 15) is 23.2 Å². The van der Waals surface area contributed by atoms with Gasteiger partial charge in [-0.2, -0.15) is 5.10 Å².